The molecule has 0 saturated carbocycles. The Kier molecular flexibility index (Phi) is 3.50. The van der Waals surface area contributed by atoms with Gasteiger partial charge in [0.25, 0.3) is 5.91 Å². The molecule has 0 aliphatic carbocycles. The van der Waals surface area contributed by atoms with E-state index < -0.39 is 5.60 Å². The van der Waals surface area contributed by atoms with E-state index in [-0.39, 0.29) is 5.91 Å². The molecule has 0 aromatic carbocycles. The Labute approximate surface area is 98.0 Å². The van der Waals surface area contributed by atoms with Gasteiger partial charge in [0.1, 0.15) is 5.69 Å². The number of hydrogen-bond donors (Lipinski definition) is 3. The van der Waals surface area contributed by atoms with Crippen LogP contribution in [-0.2, 0) is 0 Å². The van der Waals surface area contributed by atoms with Crippen LogP contribution in [0.4, 0.5) is 0 Å². The van der Waals surface area contributed by atoms with Crippen LogP contribution in [-0.4, -0.2) is 44.9 Å². The van der Waals surface area contributed by atoms with Crippen LogP contribution in [0.15, 0.2) is 12.3 Å². The van der Waals surface area contributed by atoms with Gasteiger partial charge in [0.2, 0.25) is 0 Å². The number of H-pyrrole nitrogens is 1. The first-order chi connectivity index (χ1) is 7.70. The summed E-state index contributed by atoms with van der Waals surface area (Å²) in [4.78, 5) is 11.6. The average Bonchev–Trinajstić information content (AvgIpc) is 2.80. The van der Waals surface area contributed by atoms with Gasteiger partial charge in [-0.15, -0.1) is 0 Å². The summed E-state index contributed by atoms with van der Waals surface area (Å²) in [5.74, 6) is 1.69. The molecule has 1 aliphatic rings. The number of aromatic nitrogens is 2. The maximum absolute atomic E-state index is 11.6. The number of amides is 1. The first-order valence-electron chi connectivity index (χ1n) is 5.27. The highest BCUT2D eigenvalue weighted by atomic mass is 32.2. The van der Waals surface area contributed by atoms with Crippen molar-refractivity contribution in [1.29, 1.82) is 0 Å². The predicted octanol–water partition coefficient (Wildman–Crippen LogP) is 0.398. The second kappa shape index (κ2) is 4.88. The van der Waals surface area contributed by atoms with E-state index in [0.717, 1.165) is 24.3 Å². The van der Waals surface area contributed by atoms with Crippen LogP contribution < -0.4 is 5.32 Å². The molecule has 1 amide bonds. The lowest BCUT2D eigenvalue weighted by Gasteiger charge is -2.31. The lowest BCUT2D eigenvalue weighted by molar-refractivity contribution is 0.0310. The lowest BCUT2D eigenvalue weighted by Crippen LogP contribution is -2.45. The number of nitrogens with zero attached hydrogens (tertiary/aromatic N) is 1. The Morgan fingerprint density at radius 2 is 2.38 bits per heavy atom. The van der Waals surface area contributed by atoms with Crippen molar-refractivity contribution in [2.24, 2.45) is 0 Å². The number of rotatable bonds is 3. The number of nitrogens with one attached hydrogen (secondary N) is 2. The van der Waals surface area contributed by atoms with E-state index in [1.54, 1.807) is 6.07 Å². The summed E-state index contributed by atoms with van der Waals surface area (Å²) in [6, 6.07) is 1.61. The minimum Gasteiger partial charge on any atom is -0.388 e. The Bertz CT molecular complexity index is 347. The van der Waals surface area contributed by atoms with Gasteiger partial charge < -0.3 is 10.4 Å². The third-order valence-electron chi connectivity index (χ3n) is 2.75. The first-order valence-corrected chi connectivity index (χ1v) is 6.43. The van der Waals surface area contributed by atoms with E-state index >= 15 is 0 Å². The van der Waals surface area contributed by atoms with Gasteiger partial charge in [-0.2, -0.15) is 16.9 Å². The van der Waals surface area contributed by atoms with E-state index in [1.807, 2.05) is 11.8 Å². The van der Waals surface area contributed by atoms with Crippen LogP contribution in [0.3, 0.4) is 0 Å². The van der Waals surface area contributed by atoms with Gasteiger partial charge in [-0.1, -0.05) is 0 Å². The summed E-state index contributed by atoms with van der Waals surface area (Å²) >= 11 is 1.84. The molecular formula is C10H15N3O2S. The quantitative estimate of drug-likeness (QED) is 0.715. The van der Waals surface area contributed by atoms with Gasteiger partial charge in [0, 0.05) is 12.7 Å². The van der Waals surface area contributed by atoms with Crippen molar-refractivity contribution in [3.05, 3.63) is 18.0 Å². The van der Waals surface area contributed by atoms with Gasteiger partial charge in [-0.3, -0.25) is 9.89 Å². The van der Waals surface area contributed by atoms with Crippen LogP contribution in [0.2, 0.25) is 0 Å². The summed E-state index contributed by atoms with van der Waals surface area (Å²) in [5, 5.41) is 19.2. The van der Waals surface area contributed by atoms with E-state index in [9.17, 15) is 9.90 Å². The fourth-order valence-electron chi connectivity index (χ4n) is 1.65. The molecule has 0 unspecified atom stereocenters. The van der Waals surface area contributed by atoms with Crippen LogP contribution in [0.25, 0.3) is 0 Å². The van der Waals surface area contributed by atoms with Gasteiger partial charge in [-0.05, 0) is 30.4 Å². The molecule has 1 saturated heterocycles. The Hall–Kier alpha value is -1.01. The summed E-state index contributed by atoms with van der Waals surface area (Å²) in [7, 11) is 0. The van der Waals surface area contributed by atoms with E-state index in [1.165, 1.54) is 6.20 Å². The van der Waals surface area contributed by atoms with Crippen molar-refractivity contribution in [3.8, 4) is 0 Å². The van der Waals surface area contributed by atoms with E-state index in [4.69, 9.17) is 0 Å². The van der Waals surface area contributed by atoms with E-state index in [2.05, 4.69) is 15.5 Å². The van der Waals surface area contributed by atoms with Gasteiger partial charge in [-0.25, -0.2) is 0 Å². The van der Waals surface area contributed by atoms with Crippen LogP contribution in [0.1, 0.15) is 23.3 Å². The van der Waals surface area contributed by atoms with Crippen molar-refractivity contribution in [2.75, 3.05) is 18.1 Å². The first kappa shape index (κ1) is 11.5. The number of thioether (sulfide) groups is 1. The zero-order valence-corrected chi connectivity index (χ0v) is 9.72. The zero-order valence-electron chi connectivity index (χ0n) is 8.90. The molecule has 2 rings (SSSR count). The molecule has 3 N–H and O–H groups in total. The third kappa shape index (κ3) is 2.76. The number of aliphatic hydroxyl groups is 1. The fourth-order valence-corrected chi connectivity index (χ4v) is 2.90. The maximum atomic E-state index is 11.6. The minimum absolute atomic E-state index is 0.218. The molecule has 88 valence electrons. The molecule has 6 heteroatoms. The van der Waals surface area contributed by atoms with Gasteiger partial charge in [0.05, 0.1) is 5.60 Å². The Balaban J connectivity index is 1.84. The smallest absolute Gasteiger partial charge is 0.269 e. The van der Waals surface area contributed by atoms with Gasteiger partial charge >= 0.3 is 0 Å². The third-order valence-corrected chi connectivity index (χ3v) is 3.73. The number of carbonyl (C=O) groups is 1. The maximum Gasteiger partial charge on any atom is 0.269 e. The lowest BCUT2D eigenvalue weighted by atomic mass is 9.97. The van der Waals surface area contributed by atoms with Gasteiger partial charge in [0.15, 0.2) is 0 Å². The number of hydrogen-bond acceptors (Lipinski definition) is 4. The molecule has 2 heterocycles. The monoisotopic (exact) mass is 241 g/mol. The van der Waals surface area contributed by atoms with Crippen molar-refractivity contribution in [2.45, 2.75) is 18.4 Å². The van der Waals surface area contributed by atoms with Crippen LogP contribution in [0.5, 0.6) is 0 Å². The molecule has 1 aromatic rings. The highest BCUT2D eigenvalue weighted by molar-refractivity contribution is 7.99. The molecule has 1 aliphatic heterocycles. The van der Waals surface area contributed by atoms with Crippen molar-refractivity contribution in [1.82, 2.24) is 15.5 Å². The molecule has 1 fully saturated rings. The molecular weight excluding hydrogens is 226 g/mol. The minimum atomic E-state index is -0.735. The Morgan fingerprint density at radius 1 is 1.62 bits per heavy atom. The SMILES string of the molecule is O=C(NCC1(O)CCSCC1)c1ccn[nH]1. The molecule has 16 heavy (non-hydrogen) atoms. The second-order valence-electron chi connectivity index (χ2n) is 3.99. The predicted molar refractivity (Wildman–Crippen MR) is 62.4 cm³/mol. The molecule has 0 atom stereocenters. The summed E-state index contributed by atoms with van der Waals surface area (Å²) in [5.41, 5.74) is -0.310. The van der Waals surface area contributed by atoms with Crippen molar-refractivity contribution >= 4 is 17.7 Å². The highest BCUT2D eigenvalue weighted by Crippen LogP contribution is 2.26. The van der Waals surface area contributed by atoms with Crippen LogP contribution >= 0.6 is 11.8 Å². The molecule has 1 aromatic heterocycles. The average molecular weight is 241 g/mol. The molecule has 0 radical (unpaired) electrons. The Morgan fingerprint density at radius 3 is 3.00 bits per heavy atom. The normalized spacial score (nSPS) is 19.3. The molecule has 5 nitrogen and oxygen atoms in total. The topological polar surface area (TPSA) is 78.0 Å². The fraction of sp³-hybridized carbons (Fsp3) is 0.600. The standard InChI is InChI=1S/C10H15N3O2S/c14-9(8-1-4-12-13-8)11-7-10(15)2-5-16-6-3-10/h1,4,15H,2-3,5-7H2,(H,11,14)(H,12,13). The van der Waals surface area contributed by atoms with Crippen molar-refractivity contribution in [3.63, 3.8) is 0 Å². The number of aromatic amines is 1. The highest BCUT2D eigenvalue weighted by Gasteiger charge is 2.29. The summed E-state index contributed by atoms with van der Waals surface area (Å²) in [6.45, 7) is 0.311. The van der Waals surface area contributed by atoms with E-state index in [0.29, 0.717) is 12.2 Å². The molecule has 0 bridgehead atoms. The van der Waals surface area contributed by atoms with Crippen molar-refractivity contribution < 1.29 is 9.90 Å². The second-order valence-corrected chi connectivity index (χ2v) is 5.21. The zero-order chi connectivity index (χ0) is 11.4. The largest absolute Gasteiger partial charge is 0.388 e. The number of carbonyl (C=O) groups excluding carboxylic acids is 1. The van der Waals surface area contributed by atoms with Crippen LogP contribution in [0, 0.1) is 0 Å². The summed E-state index contributed by atoms with van der Waals surface area (Å²) in [6.07, 6.45) is 3.00. The summed E-state index contributed by atoms with van der Waals surface area (Å²) < 4.78 is 0. The molecule has 0 spiro atoms.